The van der Waals surface area contributed by atoms with Crippen LogP contribution in [0.2, 0.25) is 0 Å². The third kappa shape index (κ3) is 5.97. The van der Waals surface area contributed by atoms with Gasteiger partial charge in [-0.1, -0.05) is 36.8 Å². The van der Waals surface area contributed by atoms with Crippen LogP contribution in [0.4, 0.5) is 15.8 Å². The SMILES string of the molecule is O=C(Nc1cccc(CN2CCCCC2)c1)c1cccc(S(=O)(=O)Nc2ccccc2F)c1. The van der Waals surface area contributed by atoms with Gasteiger partial charge in [0.25, 0.3) is 15.9 Å². The highest BCUT2D eigenvalue weighted by molar-refractivity contribution is 7.92. The molecular weight excluding hydrogens is 441 g/mol. The molecule has 8 heteroatoms. The molecule has 1 fully saturated rings. The number of nitrogens with zero attached hydrogens (tertiary/aromatic N) is 1. The van der Waals surface area contributed by atoms with Gasteiger partial charge in [0.1, 0.15) is 5.82 Å². The summed E-state index contributed by atoms with van der Waals surface area (Å²) in [5.74, 6) is -1.10. The first-order valence-electron chi connectivity index (χ1n) is 10.9. The summed E-state index contributed by atoms with van der Waals surface area (Å²) in [4.78, 5) is 15.1. The molecule has 2 N–H and O–H groups in total. The molecule has 0 atom stereocenters. The van der Waals surface area contributed by atoms with Gasteiger partial charge in [0, 0.05) is 17.8 Å². The van der Waals surface area contributed by atoms with E-state index in [9.17, 15) is 17.6 Å². The predicted octanol–water partition coefficient (Wildman–Crippen LogP) is 4.86. The highest BCUT2D eigenvalue weighted by Crippen LogP contribution is 2.21. The van der Waals surface area contributed by atoms with Crippen LogP contribution in [0.25, 0.3) is 0 Å². The molecule has 0 aliphatic carbocycles. The molecule has 172 valence electrons. The van der Waals surface area contributed by atoms with Gasteiger partial charge in [0.15, 0.2) is 0 Å². The minimum absolute atomic E-state index is 0.128. The maximum atomic E-state index is 13.9. The molecule has 1 aliphatic heterocycles. The second-order valence-electron chi connectivity index (χ2n) is 8.10. The van der Waals surface area contributed by atoms with Crippen molar-refractivity contribution >= 4 is 27.3 Å². The number of sulfonamides is 1. The van der Waals surface area contributed by atoms with Gasteiger partial charge < -0.3 is 5.32 Å². The number of rotatable bonds is 7. The lowest BCUT2D eigenvalue weighted by Crippen LogP contribution is -2.29. The largest absolute Gasteiger partial charge is 0.322 e. The van der Waals surface area contributed by atoms with E-state index in [1.54, 1.807) is 6.07 Å². The lowest BCUT2D eigenvalue weighted by Gasteiger charge is -2.26. The van der Waals surface area contributed by atoms with Crippen LogP contribution in [-0.2, 0) is 16.6 Å². The van der Waals surface area contributed by atoms with Crippen molar-refractivity contribution in [2.24, 2.45) is 0 Å². The Morgan fingerprint density at radius 2 is 1.67 bits per heavy atom. The van der Waals surface area contributed by atoms with E-state index in [0.29, 0.717) is 5.69 Å². The number of hydrogen-bond acceptors (Lipinski definition) is 4. The summed E-state index contributed by atoms with van der Waals surface area (Å²) in [5, 5.41) is 2.84. The molecule has 3 aromatic rings. The summed E-state index contributed by atoms with van der Waals surface area (Å²) in [6, 6.07) is 18.8. The molecule has 0 unspecified atom stereocenters. The molecule has 1 saturated heterocycles. The number of benzene rings is 3. The van der Waals surface area contributed by atoms with E-state index in [2.05, 4.69) is 14.9 Å². The van der Waals surface area contributed by atoms with Crippen LogP contribution >= 0.6 is 0 Å². The summed E-state index contributed by atoms with van der Waals surface area (Å²) in [6.45, 7) is 3.00. The van der Waals surface area contributed by atoms with Gasteiger partial charge in [-0.15, -0.1) is 0 Å². The van der Waals surface area contributed by atoms with E-state index in [4.69, 9.17) is 0 Å². The van der Waals surface area contributed by atoms with Crippen LogP contribution < -0.4 is 10.0 Å². The smallest absolute Gasteiger partial charge is 0.262 e. The number of hydrogen-bond donors (Lipinski definition) is 2. The Labute approximate surface area is 193 Å². The number of carbonyl (C=O) groups is 1. The van der Waals surface area contributed by atoms with Crippen molar-refractivity contribution in [1.29, 1.82) is 0 Å². The van der Waals surface area contributed by atoms with Crippen LogP contribution in [-0.4, -0.2) is 32.3 Å². The molecule has 6 nitrogen and oxygen atoms in total. The minimum Gasteiger partial charge on any atom is -0.322 e. The fourth-order valence-electron chi connectivity index (χ4n) is 3.88. The zero-order valence-electron chi connectivity index (χ0n) is 18.1. The topological polar surface area (TPSA) is 78.5 Å². The number of para-hydroxylation sites is 1. The van der Waals surface area contributed by atoms with Crippen molar-refractivity contribution < 1.29 is 17.6 Å². The van der Waals surface area contributed by atoms with Gasteiger partial charge in [0.2, 0.25) is 0 Å². The maximum absolute atomic E-state index is 13.9. The number of halogens is 1. The minimum atomic E-state index is -4.06. The Morgan fingerprint density at radius 1 is 0.909 bits per heavy atom. The summed E-state index contributed by atoms with van der Waals surface area (Å²) in [5.41, 5.74) is 1.79. The van der Waals surface area contributed by atoms with E-state index in [1.165, 1.54) is 67.8 Å². The molecule has 1 amide bonds. The van der Waals surface area contributed by atoms with Crippen LogP contribution in [0.15, 0.2) is 77.7 Å². The van der Waals surface area contributed by atoms with Gasteiger partial charge in [-0.25, -0.2) is 12.8 Å². The third-order valence-corrected chi connectivity index (χ3v) is 6.93. The number of anilines is 2. The average molecular weight is 468 g/mol. The Bertz CT molecular complexity index is 1240. The Morgan fingerprint density at radius 3 is 2.45 bits per heavy atom. The highest BCUT2D eigenvalue weighted by atomic mass is 32.2. The first kappa shape index (κ1) is 22.9. The lowest BCUT2D eigenvalue weighted by molar-refractivity contribution is 0.102. The standard InChI is InChI=1S/C25H26FN3O3S/c26-23-12-2-3-13-24(23)28-33(31,32)22-11-7-9-20(17-22)25(30)27-21-10-6-8-19(16-21)18-29-14-4-1-5-15-29/h2-3,6-13,16-17,28H,1,4-5,14-15,18H2,(H,27,30). The number of likely N-dealkylation sites (tertiary alicyclic amines) is 1. The molecule has 0 spiro atoms. The van der Waals surface area contributed by atoms with Crippen LogP contribution in [0.3, 0.4) is 0 Å². The van der Waals surface area contributed by atoms with Crippen LogP contribution in [0.1, 0.15) is 35.2 Å². The van der Waals surface area contributed by atoms with Gasteiger partial charge >= 0.3 is 0 Å². The molecule has 1 heterocycles. The first-order valence-corrected chi connectivity index (χ1v) is 12.4. The Hall–Kier alpha value is -3.23. The maximum Gasteiger partial charge on any atom is 0.262 e. The average Bonchev–Trinajstić information content (AvgIpc) is 2.81. The Balaban J connectivity index is 1.47. The van der Waals surface area contributed by atoms with E-state index in [-0.39, 0.29) is 16.1 Å². The van der Waals surface area contributed by atoms with Gasteiger partial charge in [-0.2, -0.15) is 0 Å². The Kier molecular flexibility index (Phi) is 7.05. The lowest BCUT2D eigenvalue weighted by atomic mass is 10.1. The zero-order chi connectivity index (χ0) is 23.3. The monoisotopic (exact) mass is 467 g/mol. The van der Waals surface area contributed by atoms with Crippen molar-refractivity contribution in [2.75, 3.05) is 23.1 Å². The molecule has 0 saturated carbocycles. The van der Waals surface area contributed by atoms with Crippen LogP contribution in [0.5, 0.6) is 0 Å². The number of amides is 1. The number of carbonyl (C=O) groups excluding carboxylic acids is 1. The predicted molar refractivity (Wildman–Crippen MR) is 127 cm³/mol. The second-order valence-corrected chi connectivity index (χ2v) is 9.79. The molecule has 1 aliphatic rings. The van der Waals surface area contributed by atoms with Gasteiger partial charge in [-0.3, -0.25) is 14.4 Å². The first-order chi connectivity index (χ1) is 15.9. The van der Waals surface area contributed by atoms with Crippen molar-refractivity contribution in [3.63, 3.8) is 0 Å². The quantitative estimate of drug-likeness (QED) is 0.520. The molecule has 3 aromatic carbocycles. The van der Waals surface area contributed by atoms with Crippen molar-refractivity contribution in [3.8, 4) is 0 Å². The van der Waals surface area contributed by atoms with Gasteiger partial charge in [-0.05, 0) is 74.0 Å². The van der Waals surface area contributed by atoms with E-state index in [1.807, 2.05) is 18.2 Å². The van der Waals surface area contributed by atoms with Crippen molar-refractivity contribution in [1.82, 2.24) is 4.90 Å². The van der Waals surface area contributed by atoms with E-state index >= 15 is 0 Å². The van der Waals surface area contributed by atoms with Gasteiger partial charge in [0.05, 0.1) is 10.6 Å². The fraction of sp³-hybridized carbons (Fsp3) is 0.240. The van der Waals surface area contributed by atoms with Crippen molar-refractivity contribution in [3.05, 3.63) is 89.7 Å². The normalized spacial score (nSPS) is 14.6. The van der Waals surface area contributed by atoms with Crippen LogP contribution in [0, 0.1) is 5.82 Å². The molecule has 0 bridgehead atoms. The molecule has 0 radical (unpaired) electrons. The fourth-order valence-corrected chi connectivity index (χ4v) is 4.99. The van der Waals surface area contributed by atoms with Crippen molar-refractivity contribution in [2.45, 2.75) is 30.7 Å². The summed E-state index contributed by atoms with van der Waals surface area (Å²) in [7, 11) is -4.06. The van der Waals surface area contributed by atoms with E-state index in [0.717, 1.165) is 25.2 Å². The third-order valence-electron chi connectivity index (χ3n) is 5.56. The molecule has 33 heavy (non-hydrogen) atoms. The second kappa shape index (κ2) is 10.1. The number of nitrogens with one attached hydrogen (secondary N) is 2. The molecule has 4 rings (SSSR count). The summed E-state index contributed by atoms with van der Waals surface area (Å²) in [6.07, 6.45) is 3.69. The highest BCUT2D eigenvalue weighted by Gasteiger charge is 2.18. The zero-order valence-corrected chi connectivity index (χ0v) is 18.9. The molecule has 0 aromatic heterocycles. The number of piperidine rings is 1. The summed E-state index contributed by atoms with van der Waals surface area (Å²) < 4.78 is 41.5. The molecular formula is C25H26FN3O3S. The summed E-state index contributed by atoms with van der Waals surface area (Å²) >= 11 is 0. The van der Waals surface area contributed by atoms with E-state index < -0.39 is 21.7 Å².